The molecule has 2 aromatic carbocycles. The number of hydrogen-bond donors (Lipinski definition) is 1. The Morgan fingerprint density at radius 1 is 1.12 bits per heavy atom. The number of rotatable bonds is 5. The summed E-state index contributed by atoms with van der Waals surface area (Å²) in [4.78, 5) is 24.2. The number of esters is 1. The van der Waals surface area contributed by atoms with Gasteiger partial charge in [-0.25, -0.2) is 4.39 Å². The second kappa shape index (κ2) is 8.13. The van der Waals surface area contributed by atoms with Crippen molar-refractivity contribution in [1.82, 2.24) is 0 Å². The molecule has 0 radical (unpaired) electrons. The summed E-state index contributed by atoms with van der Waals surface area (Å²) < 4.78 is 18.4. The van der Waals surface area contributed by atoms with E-state index in [-0.39, 0.29) is 6.42 Å². The molecule has 0 heterocycles. The zero-order chi connectivity index (χ0) is 18.5. The van der Waals surface area contributed by atoms with Crippen molar-refractivity contribution in [2.75, 3.05) is 5.32 Å². The van der Waals surface area contributed by atoms with Gasteiger partial charge in [0.05, 0.1) is 6.42 Å². The maximum Gasteiger partial charge on any atom is 0.311 e. The Kier molecular flexibility index (Phi) is 5.66. The largest absolute Gasteiger partial charge is 0.452 e. The Morgan fingerprint density at radius 3 is 2.65 bits per heavy atom. The molecule has 0 aliphatic heterocycles. The normalized spacial score (nSPS) is 14.2. The number of ether oxygens (including phenoxy) is 1. The quantitative estimate of drug-likeness (QED) is 0.830. The van der Waals surface area contributed by atoms with Gasteiger partial charge >= 0.3 is 5.97 Å². The number of nitrogens with one attached hydrogen (secondary N) is 1. The summed E-state index contributed by atoms with van der Waals surface area (Å²) in [5, 5.41) is 2.54. The molecular formula is C21H22FNO3. The zero-order valence-corrected chi connectivity index (χ0v) is 14.8. The Balaban J connectivity index is 1.54. The van der Waals surface area contributed by atoms with Crippen molar-refractivity contribution in [1.29, 1.82) is 0 Å². The molecule has 0 saturated carbocycles. The maximum atomic E-state index is 13.2. The highest BCUT2D eigenvalue weighted by atomic mass is 19.1. The van der Waals surface area contributed by atoms with E-state index in [0.29, 0.717) is 5.69 Å². The summed E-state index contributed by atoms with van der Waals surface area (Å²) in [6.07, 6.45) is 3.71. The number of benzene rings is 2. The molecule has 0 fully saturated rings. The van der Waals surface area contributed by atoms with Crippen LogP contribution in [0.15, 0.2) is 42.5 Å². The van der Waals surface area contributed by atoms with Crippen LogP contribution in [0.4, 0.5) is 10.1 Å². The van der Waals surface area contributed by atoms with Gasteiger partial charge in [0.2, 0.25) is 0 Å². The highest BCUT2D eigenvalue weighted by Crippen LogP contribution is 2.22. The second-order valence-corrected chi connectivity index (χ2v) is 6.62. The first-order valence-corrected chi connectivity index (χ1v) is 8.88. The van der Waals surface area contributed by atoms with Crippen LogP contribution >= 0.6 is 0 Å². The van der Waals surface area contributed by atoms with E-state index in [1.807, 2.05) is 6.07 Å². The molecule has 0 unspecified atom stereocenters. The van der Waals surface area contributed by atoms with Gasteiger partial charge in [-0.3, -0.25) is 9.59 Å². The molecule has 1 aliphatic carbocycles. The van der Waals surface area contributed by atoms with Gasteiger partial charge < -0.3 is 10.1 Å². The lowest BCUT2D eigenvalue weighted by Crippen LogP contribution is -2.30. The maximum absolute atomic E-state index is 13.2. The van der Waals surface area contributed by atoms with Crippen molar-refractivity contribution in [3.8, 4) is 0 Å². The predicted octanol–water partition coefficient (Wildman–Crippen LogP) is 3.82. The monoisotopic (exact) mass is 355 g/mol. The minimum atomic E-state index is -0.955. The molecule has 0 aromatic heterocycles. The number of hydrogen-bond acceptors (Lipinski definition) is 3. The first-order valence-electron chi connectivity index (χ1n) is 8.88. The molecule has 1 amide bonds. The average Bonchev–Trinajstić information content (AvgIpc) is 2.61. The van der Waals surface area contributed by atoms with Gasteiger partial charge in [-0.05, 0) is 67.5 Å². The smallest absolute Gasteiger partial charge is 0.311 e. The zero-order valence-electron chi connectivity index (χ0n) is 14.8. The van der Waals surface area contributed by atoms with Gasteiger partial charge in [-0.2, -0.15) is 0 Å². The summed E-state index contributed by atoms with van der Waals surface area (Å²) >= 11 is 0. The number of fused-ring (bicyclic) bond motifs is 1. The molecule has 0 spiro atoms. The van der Waals surface area contributed by atoms with Gasteiger partial charge in [0.15, 0.2) is 6.10 Å². The molecule has 1 aliphatic rings. The van der Waals surface area contributed by atoms with E-state index < -0.39 is 23.8 Å². The predicted molar refractivity (Wildman–Crippen MR) is 97.4 cm³/mol. The van der Waals surface area contributed by atoms with Crippen LogP contribution in [0, 0.1) is 5.82 Å². The van der Waals surface area contributed by atoms with Crippen LogP contribution in [0.3, 0.4) is 0 Å². The van der Waals surface area contributed by atoms with E-state index in [1.165, 1.54) is 49.1 Å². The van der Waals surface area contributed by atoms with E-state index >= 15 is 0 Å². The first kappa shape index (κ1) is 18.1. The fourth-order valence-corrected chi connectivity index (χ4v) is 3.17. The standard InChI is InChI=1S/C21H22FNO3/c1-14(21(25)23-19-8-4-7-18(22)13-19)26-20(24)12-15-9-10-16-5-2-3-6-17(16)11-15/h4,7-11,13-14H,2-3,5-6,12H2,1H3,(H,23,25)/t14-/m0/s1. The van der Waals surface area contributed by atoms with Crippen molar-refractivity contribution in [3.05, 3.63) is 65.0 Å². The van der Waals surface area contributed by atoms with E-state index in [0.717, 1.165) is 18.4 Å². The minimum Gasteiger partial charge on any atom is -0.452 e. The van der Waals surface area contributed by atoms with E-state index in [1.54, 1.807) is 6.07 Å². The summed E-state index contributed by atoms with van der Waals surface area (Å²) in [6.45, 7) is 1.50. The third-order valence-corrected chi connectivity index (χ3v) is 4.53. The number of carbonyl (C=O) groups excluding carboxylic acids is 2. The van der Waals surface area contributed by atoms with Crippen LogP contribution in [-0.4, -0.2) is 18.0 Å². The van der Waals surface area contributed by atoms with Crippen LogP contribution in [0.2, 0.25) is 0 Å². The van der Waals surface area contributed by atoms with Gasteiger partial charge in [-0.1, -0.05) is 24.3 Å². The van der Waals surface area contributed by atoms with Crippen LogP contribution in [0.5, 0.6) is 0 Å². The summed E-state index contributed by atoms with van der Waals surface area (Å²) in [7, 11) is 0. The van der Waals surface area contributed by atoms with Crippen molar-refractivity contribution < 1.29 is 18.7 Å². The van der Waals surface area contributed by atoms with Crippen molar-refractivity contribution in [3.63, 3.8) is 0 Å². The Hall–Kier alpha value is -2.69. The molecular weight excluding hydrogens is 333 g/mol. The number of halogens is 1. The minimum absolute atomic E-state index is 0.130. The summed E-state index contributed by atoms with van der Waals surface area (Å²) in [5.41, 5.74) is 3.88. The Labute approximate surface area is 152 Å². The lowest BCUT2D eigenvalue weighted by Gasteiger charge is -2.17. The van der Waals surface area contributed by atoms with Gasteiger partial charge in [0.25, 0.3) is 5.91 Å². The van der Waals surface area contributed by atoms with Crippen LogP contribution in [-0.2, 0) is 33.6 Å². The SMILES string of the molecule is C[C@H](OC(=O)Cc1ccc2c(c1)CCCC2)C(=O)Nc1cccc(F)c1. The highest BCUT2D eigenvalue weighted by Gasteiger charge is 2.19. The van der Waals surface area contributed by atoms with Gasteiger partial charge in [0, 0.05) is 5.69 Å². The summed E-state index contributed by atoms with van der Waals surface area (Å²) in [5.74, 6) is -1.39. The molecule has 1 atom stereocenters. The topological polar surface area (TPSA) is 55.4 Å². The molecule has 0 bridgehead atoms. The molecule has 26 heavy (non-hydrogen) atoms. The number of carbonyl (C=O) groups is 2. The fourth-order valence-electron chi connectivity index (χ4n) is 3.17. The molecule has 0 saturated heterocycles. The molecule has 2 aromatic rings. The van der Waals surface area contributed by atoms with Crippen molar-refractivity contribution in [2.45, 2.75) is 45.1 Å². The van der Waals surface area contributed by atoms with Gasteiger partial charge in [0.1, 0.15) is 5.82 Å². The second-order valence-electron chi connectivity index (χ2n) is 6.62. The van der Waals surface area contributed by atoms with E-state index in [9.17, 15) is 14.0 Å². The number of anilines is 1. The molecule has 136 valence electrons. The molecule has 5 heteroatoms. The third kappa shape index (κ3) is 4.69. The lowest BCUT2D eigenvalue weighted by molar-refractivity contribution is -0.152. The van der Waals surface area contributed by atoms with Crippen LogP contribution in [0.25, 0.3) is 0 Å². The van der Waals surface area contributed by atoms with Crippen molar-refractivity contribution in [2.24, 2.45) is 0 Å². The van der Waals surface area contributed by atoms with E-state index in [2.05, 4.69) is 17.4 Å². The molecule has 4 nitrogen and oxygen atoms in total. The molecule has 3 rings (SSSR count). The van der Waals surface area contributed by atoms with Crippen LogP contribution in [0.1, 0.15) is 36.5 Å². The third-order valence-electron chi connectivity index (χ3n) is 4.53. The molecule has 1 N–H and O–H groups in total. The Bertz CT molecular complexity index is 819. The number of amides is 1. The highest BCUT2D eigenvalue weighted by molar-refractivity contribution is 5.95. The first-order chi connectivity index (χ1) is 12.5. The van der Waals surface area contributed by atoms with E-state index in [4.69, 9.17) is 4.74 Å². The number of aryl methyl sites for hydroxylation is 2. The average molecular weight is 355 g/mol. The van der Waals surface area contributed by atoms with Crippen LogP contribution < -0.4 is 5.32 Å². The fraction of sp³-hybridized carbons (Fsp3) is 0.333. The Morgan fingerprint density at radius 2 is 1.88 bits per heavy atom. The van der Waals surface area contributed by atoms with Gasteiger partial charge in [-0.15, -0.1) is 0 Å². The van der Waals surface area contributed by atoms with Crippen molar-refractivity contribution >= 4 is 17.6 Å². The lowest BCUT2D eigenvalue weighted by atomic mass is 9.90. The summed E-state index contributed by atoms with van der Waals surface area (Å²) in [6, 6.07) is 11.7.